The minimum atomic E-state index is -1.32. The zero-order valence-corrected chi connectivity index (χ0v) is 28.4. The van der Waals surface area contributed by atoms with E-state index in [2.05, 4.69) is 43.9 Å². The molecule has 43 heavy (non-hydrogen) atoms. The summed E-state index contributed by atoms with van der Waals surface area (Å²) in [5, 5.41) is 10.5. The summed E-state index contributed by atoms with van der Waals surface area (Å²) in [7, 11) is 0. The lowest BCUT2D eigenvalue weighted by Crippen LogP contribution is -2.59. The fraction of sp³-hybridized carbons (Fsp3) is 0.613. The number of carbonyl (C=O) groups excluding carboxylic acids is 6. The number of rotatable bonds is 12. The molecule has 238 valence electrons. The van der Waals surface area contributed by atoms with Crippen molar-refractivity contribution in [2.75, 3.05) is 13.1 Å². The number of ketones is 1. The maximum atomic E-state index is 13.5. The van der Waals surface area contributed by atoms with E-state index >= 15 is 0 Å². The second kappa shape index (κ2) is 15.6. The van der Waals surface area contributed by atoms with Gasteiger partial charge in [-0.3, -0.25) is 28.8 Å². The van der Waals surface area contributed by atoms with Crippen LogP contribution in [0.1, 0.15) is 79.7 Å². The van der Waals surface area contributed by atoms with Gasteiger partial charge in [-0.05, 0) is 70.9 Å². The van der Waals surface area contributed by atoms with Crippen molar-refractivity contribution in [3.63, 3.8) is 0 Å². The third-order valence-corrected chi connectivity index (χ3v) is 7.66. The largest absolute Gasteiger partial charge is 0.345 e. The molecule has 0 unspecified atom stereocenters. The minimum absolute atomic E-state index is 0.139. The van der Waals surface area contributed by atoms with Crippen LogP contribution < -0.4 is 21.3 Å². The van der Waals surface area contributed by atoms with Crippen molar-refractivity contribution in [3.05, 3.63) is 33.4 Å². The number of nitrogens with zero attached hydrogens (tertiary/aromatic N) is 1. The molecule has 0 radical (unpaired) electrons. The monoisotopic (exact) mass is 711 g/mol. The van der Waals surface area contributed by atoms with Crippen LogP contribution in [0.2, 0.25) is 0 Å². The molecule has 0 spiro atoms. The molecular formula is C31H46IN5O6. The van der Waals surface area contributed by atoms with E-state index in [9.17, 15) is 28.8 Å². The first-order valence-electron chi connectivity index (χ1n) is 14.6. The molecule has 0 saturated carbocycles. The summed E-state index contributed by atoms with van der Waals surface area (Å²) in [5.41, 5.74) is -0.206. The summed E-state index contributed by atoms with van der Waals surface area (Å²) < 4.78 is 1.03. The van der Waals surface area contributed by atoms with Gasteiger partial charge in [-0.25, -0.2) is 0 Å². The molecule has 11 nitrogen and oxygen atoms in total. The van der Waals surface area contributed by atoms with E-state index in [1.165, 1.54) is 6.92 Å². The van der Waals surface area contributed by atoms with Crippen LogP contribution in [0.5, 0.6) is 0 Å². The van der Waals surface area contributed by atoms with Gasteiger partial charge in [0, 0.05) is 29.6 Å². The van der Waals surface area contributed by atoms with Crippen molar-refractivity contribution in [3.8, 4) is 0 Å². The number of benzene rings is 1. The van der Waals surface area contributed by atoms with Crippen molar-refractivity contribution < 1.29 is 28.8 Å². The molecule has 1 heterocycles. The Morgan fingerprint density at radius 3 is 1.98 bits per heavy atom. The van der Waals surface area contributed by atoms with E-state index < -0.39 is 47.0 Å². The molecule has 1 saturated heterocycles. The van der Waals surface area contributed by atoms with E-state index in [0.717, 1.165) is 22.0 Å². The van der Waals surface area contributed by atoms with Crippen LogP contribution in [-0.4, -0.2) is 71.4 Å². The summed E-state index contributed by atoms with van der Waals surface area (Å²) in [4.78, 5) is 79.6. The quantitative estimate of drug-likeness (QED) is 0.193. The van der Waals surface area contributed by atoms with Crippen LogP contribution in [0, 0.1) is 14.4 Å². The van der Waals surface area contributed by atoms with Gasteiger partial charge in [0.25, 0.3) is 5.91 Å². The Morgan fingerprint density at radius 1 is 0.860 bits per heavy atom. The highest BCUT2D eigenvalue weighted by atomic mass is 127. The van der Waals surface area contributed by atoms with Crippen molar-refractivity contribution in [2.45, 2.75) is 98.8 Å². The van der Waals surface area contributed by atoms with Crippen molar-refractivity contribution in [1.82, 2.24) is 26.2 Å². The molecule has 1 fully saturated rings. The Hall–Kier alpha value is -3.03. The van der Waals surface area contributed by atoms with Gasteiger partial charge in [0.2, 0.25) is 29.4 Å². The topological polar surface area (TPSA) is 154 Å². The van der Waals surface area contributed by atoms with Gasteiger partial charge in [0.15, 0.2) is 0 Å². The SMILES string of the molecule is C[C@H](NC(=O)[C@H](CC(=O)N1CCCC1)NC(=O)[C@@H](NC(=O)CC(C)(C)C)C(C)(C)C)C(=O)C(=O)NCc1ccc(I)cc1. The number of nitrogens with one attached hydrogen (secondary N) is 4. The van der Waals surface area contributed by atoms with Crippen molar-refractivity contribution in [1.29, 1.82) is 0 Å². The molecule has 5 amide bonds. The predicted octanol–water partition coefficient (Wildman–Crippen LogP) is 2.45. The molecule has 1 aromatic carbocycles. The van der Waals surface area contributed by atoms with E-state index in [0.29, 0.717) is 13.1 Å². The molecular weight excluding hydrogens is 665 g/mol. The molecule has 12 heteroatoms. The molecule has 1 aromatic rings. The first-order valence-corrected chi connectivity index (χ1v) is 15.7. The Balaban J connectivity index is 2.15. The second-order valence-corrected chi connectivity index (χ2v) is 14.6. The molecule has 3 atom stereocenters. The number of amides is 5. The van der Waals surface area contributed by atoms with E-state index in [1.807, 2.05) is 45.0 Å². The van der Waals surface area contributed by atoms with Gasteiger partial charge < -0.3 is 26.2 Å². The summed E-state index contributed by atoms with van der Waals surface area (Å²) in [6.45, 7) is 13.7. The second-order valence-electron chi connectivity index (χ2n) is 13.4. The van der Waals surface area contributed by atoms with Gasteiger partial charge in [-0.2, -0.15) is 0 Å². The minimum Gasteiger partial charge on any atom is -0.345 e. The van der Waals surface area contributed by atoms with Crippen LogP contribution in [0.4, 0.5) is 0 Å². The maximum absolute atomic E-state index is 13.5. The van der Waals surface area contributed by atoms with Crippen molar-refractivity contribution in [2.24, 2.45) is 10.8 Å². The fourth-order valence-electron chi connectivity index (χ4n) is 4.55. The Kier molecular flexibility index (Phi) is 13.1. The Bertz CT molecular complexity index is 1180. The predicted molar refractivity (Wildman–Crippen MR) is 171 cm³/mol. The van der Waals surface area contributed by atoms with Crippen LogP contribution >= 0.6 is 22.6 Å². The summed E-state index contributed by atoms with van der Waals surface area (Å²) in [5.74, 6) is -3.76. The number of likely N-dealkylation sites (tertiary alicyclic amines) is 1. The number of hydrogen-bond acceptors (Lipinski definition) is 6. The number of Topliss-reactive ketones (excluding diaryl/α,β-unsaturated/α-hetero) is 1. The van der Waals surface area contributed by atoms with Crippen LogP contribution in [-0.2, 0) is 35.3 Å². The third-order valence-electron chi connectivity index (χ3n) is 6.94. The fourth-order valence-corrected chi connectivity index (χ4v) is 4.91. The van der Waals surface area contributed by atoms with Gasteiger partial charge in [-0.15, -0.1) is 0 Å². The molecule has 1 aliphatic heterocycles. The Labute approximate surface area is 268 Å². The van der Waals surface area contributed by atoms with E-state index in [1.54, 1.807) is 25.7 Å². The van der Waals surface area contributed by atoms with Crippen LogP contribution in [0.3, 0.4) is 0 Å². The number of carbonyl (C=O) groups is 6. The Morgan fingerprint density at radius 2 is 1.44 bits per heavy atom. The number of hydrogen-bond donors (Lipinski definition) is 4. The summed E-state index contributed by atoms with van der Waals surface area (Å²) in [6, 6.07) is 3.89. The highest BCUT2D eigenvalue weighted by Crippen LogP contribution is 2.23. The van der Waals surface area contributed by atoms with Gasteiger partial charge in [0.05, 0.1) is 12.5 Å². The molecule has 2 rings (SSSR count). The van der Waals surface area contributed by atoms with Crippen molar-refractivity contribution >= 4 is 57.9 Å². The maximum Gasteiger partial charge on any atom is 0.289 e. The summed E-state index contributed by atoms with van der Waals surface area (Å²) >= 11 is 2.17. The van der Waals surface area contributed by atoms with Gasteiger partial charge in [0.1, 0.15) is 12.1 Å². The smallest absolute Gasteiger partial charge is 0.289 e. The molecule has 0 aliphatic carbocycles. The molecule has 0 bridgehead atoms. The normalized spacial score (nSPS) is 15.6. The lowest BCUT2D eigenvalue weighted by atomic mass is 9.85. The lowest BCUT2D eigenvalue weighted by molar-refractivity contribution is -0.141. The third kappa shape index (κ3) is 12.2. The van der Waals surface area contributed by atoms with Crippen LogP contribution in [0.25, 0.3) is 0 Å². The van der Waals surface area contributed by atoms with E-state index in [4.69, 9.17) is 0 Å². The molecule has 1 aliphatic rings. The first kappa shape index (κ1) is 36.2. The zero-order chi connectivity index (χ0) is 32.5. The standard InChI is InChI=1S/C31H46IN5O6/c1-19(25(40)28(42)33-18-20-10-12-21(32)13-11-20)34-27(41)22(16-24(39)37-14-8-9-15-37)35-29(43)26(31(5,6)7)36-23(38)17-30(2,3)4/h10-13,19,22,26H,8-9,14-18H2,1-7H3,(H,33,42)(H,34,41)(H,35,43)(H,36,38)/t19-,22-,26+/m0/s1. The lowest BCUT2D eigenvalue weighted by Gasteiger charge is -2.33. The average Bonchev–Trinajstić information content (AvgIpc) is 3.44. The molecule has 4 N–H and O–H groups in total. The van der Waals surface area contributed by atoms with Crippen LogP contribution in [0.15, 0.2) is 24.3 Å². The first-order chi connectivity index (χ1) is 19.9. The average molecular weight is 712 g/mol. The number of halogens is 1. The zero-order valence-electron chi connectivity index (χ0n) is 26.3. The highest BCUT2D eigenvalue weighted by Gasteiger charge is 2.37. The highest BCUT2D eigenvalue weighted by molar-refractivity contribution is 14.1. The van der Waals surface area contributed by atoms with Gasteiger partial charge in [-0.1, -0.05) is 53.7 Å². The van der Waals surface area contributed by atoms with Gasteiger partial charge >= 0.3 is 0 Å². The van der Waals surface area contributed by atoms with E-state index in [-0.39, 0.29) is 36.6 Å². The summed E-state index contributed by atoms with van der Waals surface area (Å²) in [6.07, 6.45) is 1.56. The molecule has 0 aromatic heterocycles.